The SMILES string of the molecule is C=CC(=O)OCCOCCOCCOCCOCCOCCOCCOCCOCCOc1ccccc1. The van der Waals surface area contributed by atoms with Crippen LogP contribution in [0.3, 0.4) is 0 Å². The lowest BCUT2D eigenvalue weighted by molar-refractivity contribution is -0.139. The second-order valence-corrected chi connectivity index (χ2v) is 7.43. The van der Waals surface area contributed by atoms with Crippen LogP contribution in [0.2, 0.25) is 0 Å². The normalized spacial score (nSPS) is 10.9. The highest BCUT2D eigenvalue weighted by molar-refractivity contribution is 5.81. The Morgan fingerprint density at radius 1 is 0.500 bits per heavy atom. The number of esters is 1. The maximum atomic E-state index is 10.8. The van der Waals surface area contributed by atoms with Crippen molar-refractivity contribution < 1.29 is 52.2 Å². The second-order valence-electron chi connectivity index (χ2n) is 7.43. The minimum absolute atomic E-state index is 0.201. The minimum Gasteiger partial charge on any atom is -0.491 e. The number of para-hydroxylation sites is 1. The number of ether oxygens (including phenoxy) is 10. The summed E-state index contributed by atoms with van der Waals surface area (Å²) in [4.78, 5) is 10.8. The molecule has 0 saturated heterocycles. The largest absolute Gasteiger partial charge is 0.491 e. The molecule has 0 aliphatic rings. The fraction of sp³-hybridized carbons (Fsp3) is 0.667. The van der Waals surface area contributed by atoms with Crippen molar-refractivity contribution in [2.24, 2.45) is 0 Å². The molecule has 0 amide bonds. The van der Waals surface area contributed by atoms with Gasteiger partial charge in [-0.05, 0) is 12.1 Å². The summed E-state index contributed by atoms with van der Waals surface area (Å²) in [6.45, 7) is 11.8. The van der Waals surface area contributed by atoms with Crippen LogP contribution < -0.4 is 4.74 Å². The molecule has 0 atom stereocenters. The summed E-state index contributed by atoms with van der Waals surface area (Å²) in [5.41, 5.74) is 0. The molecule has 0 aliphatic heterocycles. The zero-order chi connectivity index (χ0) is 27.2. The van der Waals surface area contributed by atoms with Crippen LogP contribution in [0.5, 0.6) is 5.75 Å². The molecule has 0 N–H and O–H groups in total. The van der Waals surface area contributed by atoms with Gasteiger partial charge in [0, 0.05) is 6.08 Å². The first kappa shape index (κ1) is 33.9. The maximum absolute atomic E-state index is 10.8. The molecular formula is C27H44O11. The van der Waals surface area contributed by atoms with Crippen molar-refractivity contribution in [1.29, 1.82) is 0 Å². The molecule has 0 unspecified atom stereocenters. The molecule has 1 rings (SSSR count). The third-order valence-corrected chi connectivity index (χ3v) is 4.48. The number of rotatable bonds is 29. The van der Waals surface area contributed by atoms with Gasteiger partial charge in [-0.25, -0.2) is 4.79 Å². The van der Waals surface area contributed by atoms with Crippen LogP contribution in [-0.2, 0) is 47.4 Å². The molecule has 1 aromatic rings. The zero-order valence-corrected chi connectivity index (χ0v) is 22.4. The molecular weight excluding hydrogens is 500 g/mol. The lowest BCUT2D eigenvalue weighted by atomic mass is 10.3. The molecule has 0 aromatic heterocycles. The van der Waals surface area contributed by atoms with Crippen LogP contribution in [0.1, 0.15) is 0 Å². The van der Waals surface area contributed by atoms with Gasteiger partial charge in [0.2, 0.25) is 0 Å². The Bertz CT molecular complexity index is 645. The molecule has 0 saturated carbocycles. The van der Waals surface area contributed by atoms with Crippen LogP contribution >= 0.6 is 0 Å². The van der Waals surface area contributed by atoms with E-state index in [2.05, 4.69) is 6.58 Å². The summed E-state index contributed by atoms with van der Waals surface area (Å²) in [7, 11) is 0. The molecule has 11 heteroatoms. The Balaban J connectivity index is 1.64. The third-order valence-electron chi connectivity index (χ3n) is 4.48. The first-order chi connectivity index (χ1) is 18.8. The predicted octanol–water partition coefficient (Wildman–Crippen LogP) is 1.93. The summed E-state index contributed by atoms with van der Waals surface area (Å²) in [6, 6.07) is 9.65. The molecule has 0 fully saturated rings. The highest BCUT2D eigenvalue weighted by Crippen LogP contribution is 2.07. The van der Waals surface area contributed by atoms with Gasteiger partial charge in [-0.1, -0.05) is 24.8 Å². The molecule has 11 nitrogen and oxygen atoms in total. The van der Waals surface area contributed by atoms with Crippen LogP contribution in [0.15, 0.2) is 43.0 Å². The van der Waals surface area contributed by atoms with Crippen molar-refractivity contribution in [2.45, 2.75) is 0 Å². The van der Waals surface area contributed by atoms with E-state index in [-0.39, 0.29) is 6.61 Å². The highest BCUT2D eigenvalue weighted by atomic mass is 16.6. The Hall–Kier alpha value is -2.09. The monoisotopic (exact) mass is 544 g/mol. The fourth-order valence-corrected chi connectivity index (χ4v) is 2.64. The van der Waals surface area contributed by atoms with E-state index in [1.165, 1.54) is 0 Å². The Morgan fingerprint density at radius 3 is 1.16 bits per heavy atom. The van der Waals surface area contributed by atoms with Crippen LogP contribution in [0.4, 0.5) is 0 Å². The van der Waals surface area contributed by atoms with Crippen LogP contribution in [0.25, 0.3) is 0 Å². The summed E-state index contributed by atoms with van der Waals surface area (Å²) in [6.07, 6.45) is 1.11. The number of benzene rings is 1. The Labute approximate surface area is 226 Å². The topological polar surface area (TPSA) is 109 Å². The first-order valence-electron chi connectivity index (χ1n) is 12.9. The lowest BCUT2D eigenvalue weighted by Gasteiger charge is -2.09. The predicted molar refractivity (Wildman–Crippen MR) is 140 cm³/mol. The van der Waals surface area contributed by atoms with Crippen molar-refractivity contribution in [1.82, 2.24) is 0 Å². The third kappa shape index (κ3) is 24.3. The van der Waals surface area contributed by atoms with E-state index in [0.29, 0.717) is 112 Å². The zero-order valence-electron chi connectivity index (χ0n) is 22.4. The number of hydrogen-bond acceptors (Lipinski definition) is 11. The molecule has 0 heterocycles. The molecule has 0 bridgehead atoms. The van der Waals surface area contributed by atoms with Gasteiger partial charge in [0.1, 0.15) is 19.0 Å². The second kappa shape index (κ2) is 27.9. The quantitative estimate of drug-likeness (QED) is 0.0838. The Kier molecular flexibility index (Phi) is 24.9. The smallest absolute Gasteiger partial charge is 0.330 e. The molecule has 218 valence electrons. The molecule has 38 heavy (non-hydrogen) atoms. The number of carbonyl (C=O) groups is 1. The van der Waals surface area contributed by atoms with Gasteiger partial charge in [0.05, 0.1) is 106 Å². The average molecular weight is 545 g/mol. The van der Waals surface area contributed by atoms with Crippen molar-refractivity contribution in [3.05, 3.63) is 43.0 Å². The number of hydrogen-bond donors (Lipinski definition) is 0. The van der Waals surface area contributed by atoms with E-state index < -0.39 is 5.97 Å². The van der Waals surface area contributed by atoms with Crippen LogP contribution in [0, 0.1) is 0 Å². The highest BCUT2D eigenvalue weighted by Gasteiger charge is 1.97. The van der Waals surface area contributed by atoms with E-state index in [1.54, 1.807) is 0 Å². The Morgan fingerprint density at radius 2 is 0.816 bits per heavy atom. The van der Waals surface area contributed by atoms with Crippen molar-refractivity contribution in [2.75, 3.05) is 119 Å². The van der Waals surface area contributed by atoms with Crippen molar-refractivity contribution >= 4 is 5.97 Å². The molecule has 0 radical (unpaired) electrons. The van der Waals surface area contributed by atoms with Gasteiger partial charge in [0.25, 0.3) is 0 Å². The van der Waals surface area contributed by atoms with E-state index in [0.717, 1.165) is 11.8 Å². The summed E-state index contributed by atoms with van der Waals surface area (Å²) in [5, 5.41) is 0. The molecule has 1 aromatic carbocycles. The van der Waals surface area contributed by atoms with Gasteiger partial charge < -0.3 is 47.4 Å². The minimum atomic E-state index is -0.457. The van der Waals surface area contributed by atoms with Gasteiger partial charge in [-0.3, -0.25) is 0 Å². The average Bonchev–Trinajstić information content (AvgIpc) is 2.94. The first-order valence-corrected chi connectivity index (χ1v) is 12.9. The molecule has 0 aliphatic carbocycles. The van der Waals surface area contributed by atoms with Crippen molar-refractivity contribution in [3.8, 4) is 5.75 Å². The van der Waals surface area contributed by atoms with Crippen LogP contribution in [-0.4, -0.2) is 125 Å². The van der Waals surface area contributed by atoms with Gasteiger partial charge in [-0.2, -0.15) is 0 Å². The van der Waals surface area contributed by atoms with Gasteiger partial charge >= 0.3 is 5.97 Å². The summed E-state index contributed by atoms with van der Waals surface area (Å²) < 4.78 is 53.6. The van der Waals surface area contributed by atoms with E-state index in [4.69, 9.17) is 47.4 Å². The van der Waals surface area contributed by atoms with Gasteiger partial charge in [-0.15, -0.1) is 0 Å². The van der Waals surface area contributed by atoms with E-state index in [9.17, 15) is 4.79 Å². The maximum Gasteiger partial charge on any atom is 0.330 e. The number of carbonyl (C=O) groups excluding carboxylic acids is 1. The molecule has 0 spiro atoms. The lowest BCUT2D eigenvalue weighted by Crippen LogP contribution is -2.15. The summed E-state index contributed by atoms with van der Waals surface area (Å²) in [5.74, 6) is 0.384. The summed E-state index contributed by atoms with van der Waals surface area (Å²) >= 11 is 0. The van der Waals surface area contributed by atoms with E-state index >= 15 is 0 Å². The standard InChI is InChI=1S/C27H44O11/c1-2-27(28)38-25-23-36-21-19-34-17-15-32-13-11-30-9-8-29-10-12-31-14-16-33-18-20-35-22-24-37-26-6-4-3-5-7-26/h2-7H,1,8-25H2. The van der Waals surface area contributed by atoms with Gasteiger partial charge in [0.15, 0.2) is 0 Å². The van der Waals surface area contributed by atoms with Crippen molar-refractivity contribution in [3.63, 3.8) is 0 Å². The van der Waals surface area contributed by atoms with E-state index in [1.807, 2.05) is 30.3 Å². The fourth-order valence-electron chi connectivity index (χ4n) is 2.64.